The van der Waals surface area contributed by atoms with Crippen molar-refractivity contribution < 1.29 is 28.9 Å². The summed E-state index contributed by atoms with van der Waals surface area (Å²) in [4.78, 5) is 28.0. The van der Waals surface area contributed by atoms with Crippen molar-refractivity contribution in [2.75, 3.05) is 4.90 Å². The van der Waals surface area contributed by atoms with Gasteiger partial charge in [-0.1, -0.05) is 53.4 Å². The van der Waals surface area contributed by atoms with E-state index in [0.717, 1.165) is 16.9 Å². The predicted molar refractivity (Wildman–Crippen MR) is 149 cm³/mol. The van der Waals surface area contributed by atoms with Gasteiger partial charge >= 0.3 is 5.91 Å². The van der Waals surface area contributed by atoms with E-state index in [-0.39, 0.29) is 34.1 Å². The van der Waals surface area contributed by atoms with Gasteiger partial charge < -0.3 is 14.9 Å². The van der Waals surface area contributed by atoms with E-state index in [2.05, 4.69) is 10.2 Å². The molecule has 1 saturated heterocycles. The smallest absolute Gasteiger partial charge is 0.301 e. The van der Waals surface area contributed by atoms with E-state index < -0.39 is 17.7 Å². The number of rotatable bonds is 6. The van der Waals surface area contributed by atoms with Crippen LogP contribution in [0.4, 0.5) is 9.52 Å². The molecule has 3 heterocycles. The molecule has 1 amide bonds. The molecule has 4 aromatic rings. The molecule has 1 fully saturated rings. The van der Waals surface area contributed by atoms with Gasteiger partial charge in [0.1, 0.15) is 29.2 Å². The summed E-state index contributed by atoms with van der Waals surface area (Å²) in [6.07, 6.45) is 0.645. The molecule has 0 radical (unpaired) electrons. The first kappa shape index (κ1) is 26.0. The number of carbonyl (C=O) groups is 2. The van der Waals surface area contributed by atoms with Gasteiger partial charge in [0, 0.05) is 17.7 Å². The average molecular weight is 576 g/mol. The fraction of sp³-hybridized carbons (Fsp3) is 0.172. The monoisotopic (exact) mass is 575 g/mol. The second kappa shape index (κ2) is 10.4. The van der Waals surface area contributed by atoms with Crippen LogP contribution in [-0.4, -0.2) is 38.2 Å². The summed E-state index contributed by atoms with van der Waals surface area (Å²) in [5.41, 5.74) is 2.05. The number of phenolic OH excluding ortho intramolecular Hbond substituents is 1. The lowest BCUT2D eigenvalue weighted by atomic mass is 9.94. The molecule has 0 spiro atoms. The number of carbonyl (C=O) groups excluding carboxylic acids is 2. The van der Waals surface area contributed by atoms with Gasteiger partial charge in [-0.15, -0.1) is 10.2 Å². The van der Waals surface area contributed by atoms with Crippen molar-refractivity contribution in [3.8, 4) is 11.5 Å². The predicted octanol–water partition coefficient (Wildman–Crippen LogP) is 5.62. The molecule has 2 atom stereocenters. The number of nitrogens with zero attached hydrogens (tertiary/aromatic N) is 3. The molecule has 0 aliphatic carbocycles. The van der Waals surface area contributed by atoms with Crippen molar-refractivity contribution in [3.05, 3.63) is 100 Å². The fourth-order valence-electron chi connectivity index (χ4n) is 4.88. The molecule has 1 aromatic heterocycles. The van der Waals surface area contributed by atoms with Crippen LogP contribution in [0.1, 0.15) is 35.2 Å². The summed E-state index contributed by atoms with van der Waals surface area (Å²) in [5, 5.41) is 30.1. The number of anilines is 1. The first-order valence-corrected chi connectivity index (χ1v) is 14.2. The number of phenols is 1. The highest BCUT2D eigenvalue weighted by Gasteiger charge is 2.48. The van der Waals surface area contributed by atoms with Crippen molar-refractivity contribution in [1.82, 2.24) is 10.2 Å². The van der Waals surface area contributed by atoms with Crippen LogP contribution in [0.2, 0.25) is 0 Å². The number of benzene rings is 3. The van der Waals surface area contributed by atoms with Crippen LogP contribution in [0.5, 0.6) is 11.5 Å². The summed E-state index contributed by atoms with van der Waals surface area (Å²) in [7, 11) is 0. The second-order valence-corrected chi connectivity index (χ2v) is 11.6. The number of thioether (sulfide) groups is 1. The summed E-state index contributed by atoms with van der Waals surface area (Å²) in [6, 6.07) is 16.6. The van der Waals surface area contributed by atoms with E-state index in [1.54, 1.807) is 48.5 Å². The molecule has 202 valence electrons. The highest BCUT2D eigenvalue weighted by Crippen LogP contribution is 2.45. The third kappa shape index (κ3) is 4.71. The number of halogens is 1. The van der Waals surface area contributed by atoms with E-state index in [1.165, 1.54) is 34.9 Å². The van der Waals surface area contributed by atoms with Crippen molar-refractivity contribution in [2.45, 2.75) is 35.6 Å². The van der Waals surface area contributed by atoms with Crippen molar-refractivity contribution in [3.63, 3.8) is 0 Å². The van der Waals surface area contributed by atoms with Crippen LogP contribution < -0.4 is 9.64 Å². The number of Topliss-reactive ketones (excluding diaryl/α,β-unsaturated/α-hetero) is 1. The maximum atomic E-state index is 14.1. The van der Waals surface area contributed by atoms with Gasteiger partial charge in [0.15, 0.2) is 4.34 Å². The number of hydrogen-bond donors (Lipinski definition) is 2. The molecular weight excluding hydrogens is 553 g/mol. The van der Waals surface area contributed by atoms with E-state index in [1.807, 2.05) is 6.92 Å². The van der Waals surface area contributed by atoms with E-state index >= 15 is 0 Å². The Bertz CT molecular complexity index is 1690. The summed E-state index contributed by atoms with van der Waals surface area (Å²) in [5.74, 6) is -1.48. The van der Waals surface area contributed by atoms with Gasteiger partial charge in [0.25, 0.3) is 5.78 Å². The van der Waals surface area contributed by atoms with E-state index in [4.69, 9.17) is 4.74 Å². The van der Waals surface area contributed by atoms with Crippen LogP contribution in [0, 0.1) is 5.82 Å². The third-order valence-electron chi connectivity index (χ3n) is 6.71. The molecule has 0 bridgehead atoms. The highest BCUT2D eigenvalue weighted by molar-refractivity contribution is 8.00. The van der Waals surface area contributed by atoms with Crippen LogP contribution >= 0.6 is 23.1 Å². The number of ether oxygens (including phenoxy) is 1. The SMILES string of the molecule is C[C@H]1Cc2cc(/C(O)=C3\C(=O)C(=O)N(c4nnc(SCc5ccccc5F)s4)[C@H]3c3cccc(O)c3)ccc2O1. The van der Waals surface area contributed by atoms with Crippen molar-refractivity contribution in [2.24, 2.45) is 0 Å². The Balaban J connectivity index is 1.39. The lowest BCUT2D eigenvalue weighted by Crippen LogP contribution is -2.29. The third-order valence-corrected chi connectivity index (χ3v) is 8.82. The number of fused-ring (bicyclic) bond motifs is 1. The topological polar surface area (TPSA) is 113 Å². The van der Waals surface area contributed by atoms with Crippen LogP contribution in [0.25, 0.3) is 5.76 Å². The maximum Gasteiger partial charge on any atom is 0.301 e. The number of aliphatic hydroxyl groups excluding tert-OH is 1. The molecule has 0 saturated carbocycles. The fourth-order valence-corrected chi connectivity index (χ4v) is 6.73. The molecule has 3 aromatic carbocycles. The number of ketones is 1. The Morgan fingerprint density at radius 1 is 1.12 bits per heavy atom. The van der Waals surface area contributed by atoms with E-state index in [9.17, 15) is 24.2 Å². The Kier molecular flexibility index (Phi) is 6.77. The van der Waals surface area contributed by atoms with E-state index in [0.29, 0.717) is 39.0 Å². The van der Waals surface area contributed by atoms with Gasteiger partial charge in [0.05, 0.1) is 11.6 Å². The zero-order valence-corrected chi connectivity index (χ0v) is 22.7. The minimum atomic E-state index is -1.06. The lowest BCUT2D eigenvalue weighted by Gasteiger charge is -2.22. The number of aliphatic hydroxyl groups is 1. The minimum Gasteiger partial charge on any atom is -0.508 e. The normalized spacial score (nSPS) is 19.6. The Morgan fingerprint density at radius 3 is 2.75 bits per heavy atom. The van der Waals surface area contributed by atoms with Crippen LogP contribution in [-0.2, 0) is 21.8 Å². The summed E-state index contributed by atoms with van der Waals surface area (Å²) >= 11 is 2.33. The average Bonchev–Trinajstić information content (AvgIpc) is 3.63. The van der Waals surface area contributed by atoms with Gasteiger partial charge in [-0.2, -0.15) is 0 Å². The standard InChI is InChI=1S/C29H22FN3O5S2/c1-15-11-19-12-17(9-10-22(19)38-15)25(35)23-24(16-6-4-7-20(34)13-16)33(27(37)26(23)36)28-31-32-29(40-28)39-14-18-5-2-3-8-21(18)30/h2-10,12-13,15,24,34-35H,11,14H2,1H3/b25-23+/t15-,24-/m0/s1. The number of aromatic nitrogens is 2. The molecule has 2 aliphatic heterocycles. The van der Waals surface area contributed by atoms with Crippen molar-refractivity contribution in [1.29, 1.82) is 0 Å². The highest BCUT2D eigenvalue weighted by atomic mass is 32.2. The Hall–Kier alpha value is -4.22. The molecule has 11 heteroatoms. The molecular formula is C29H22FN3O5S2. The second-order valence-electron chi connectivity index (χ2n) is 9.45. The lowest BCUT2D eigenvalue weighted by molar-refractivity contribution is -0.132. The quantitative estimate of drug-likeness (QED) is 0.100. The van der Waals surface area contributed by atoms with Gasteiger partial charge in [-0.3, -0.25) is 14.5 Å². The van der Waals surface area contributed by atoms with Crippen LogP contribution in [0.3, 0.4) is 0 Å². The number of amides is 1. The largest absolute Gasteiger partial charge is 0.508 e. The summed E-state index contributed by atoms with van der Waals surface area (Å²) < 4.78 is 20.3. The zero-order valence-electron chi connectivity index (χ0n) is 21.1. The number of hydrogen-bond acceptors (Lipinski definition) is 9. The molecule has 8 nitrogen and oxygen atoms in total. The Labute approximate surface area is 236 Å². The van der Waals surface area contributed by atoms with Crippen molar-refractivity contribution >= 4 is 45.7 Å². The first-order chi connectivity index (χ1) is 19.3. The molecule has 40 heavy (non-hydrogen) atoms. The Morgan fingerprint density at radius 2 is 1.95 bits per heavy atom. The van der Waals surface area contributed by atoms with Gasteiger partial charge in [-0.25, -0.2) is 4.39 Å². The van der Waals surface area contributed by atoms with Crippen LogP contribution in [0.15, 0.2) is 76.6 Å². The van der Waals surface area contributed by atoms with Gasteiger partial charge in [-0.05, 0) is 60.0 Å². The first-order valence-electron chi connectivity index (χ1n) is 12.4. The summed E-state index contributed by atoms with van der Waals surface area (Å²) in [6.45, 7) is 1.94. The molecule has 2 aliphatic rings. The van der Waals surface area contributed by atoms with Gasteiger partial charge in [0.2, 0.25) is 5.13 Å². The minimum absolute atomic E-state index is 0.00637. The molecule has 0 unspecified atom stereocenters. The number of aromatic hydroxyl groups is 1. The molecule has 2 N–H and O–H groups in total. The molecule has 6 rings (SSSR count). The maximum absolute atomic E-state index is 14.1. The zero-order chi connectivity index (χ0) is 28.0.